The van der Waals surface area contributed by atoms with Crippen molar-refractivity contribution in [3.63, 3.8) is 0 Å². The molecule has 19 heavy (non-hydrogen) atoms. The van der Waals surface area contributed by atoms with Crippen LogP contribution in [0.4, 0.5) is 5.69 Å². The van der Waals surface area contributed by atoms with Gasteiger partial charge in [-0.15, -0.1) is 0 Å². The van der Waals surface area contributed by atoms with Gasteiger partial charge in [0.05, 0.1) is 30.0 Å². The first kappa shape index (κ1) is 14.1. The number of nitrogen functional groups attached to an aromatic ring is 1. The highest BCUT2D eigenvalue weighted by Crippen LogP contribution is 2.30. The quantitative estimate of drug-likeness (QED) is 0.575. The van der Waals surface area contributed by atoms with Crippen molar-refractivity contribution in [3.05, 3.63) is 28.8 Å². The molecule has 1 fully saturated rings. The normalized spacial score (nSPS) is 23.4. The highest BCUT2D eigenvalue weighted by Gasteiger charge is 2.27. The van der Waals surface area contributed by atoms with E-state index in [-0.39, 0.29) is 24.6 Å². The summed E-state index contributed by atoms with van der Waals surface area (Å²) in [6.45, 7) is 3.18. The van der Waals surface area contributed by atoms with Gasteiger partial charge < -0.3 is 20.5 Å². The van der Waals surface area contributed by atoms with E-state index in [1.54, 1.807) is 12.1 Å². The van der Waals surface area contributed by atoms with E-state index in [4.69, 9.17) is 27.5 Å². The van der Waals surface area contributed by atoms with Crippen LogP contribution in [0.25, 0.3) is 0 Å². The number of rotatable bonds is 3. The standard InChI is InChI=1S/C13H18ClN3O2/c1-8-7-19-10(6-18)5-17(8)12-3-2-9(13(15)16)4-11(12)14/h2-4,8,10,18H,5-7H2,1H3,(H3,15,16). The Hall–Kier alpha value is -1.30. The SMILES string of the molecule is CC1COC(CO)CN1c1ccc(C(=N)N)cc1Cl. The average molecular weight is 284 g/mol. The molecule has 1 aliphatic rings. The topological polar surface area (TPSA) is 82.6 Å². The number of hydrogen-bond donors (Lipinski definition) is 3. The maximum atomic E-state index is 9.20. The summed E-state index contributed by atoms with van der Waals surface area (Å²) in [7, 11) is 0. The minimum absolute atomic E-state index is 0.00305. The molecule has 4 N–H and O–H groups in total. The summed E-state index contributed by atoms with van der Waals surface area (Å²) in [5, 5.41) is 17.2. The van der Waals surface area contributed by atoms with Crippen LogP contribution in [0, 0.1) is 5.41 Å². The molecule has 104 valence electrons. The molecule has 1 heterocycles. The number of aliphatic hydroxyl groups is 1. The number of ether oxygens (including phenoxy) is 1. The van der Waals surface area contributed by atoms with Crippen LogP contribution in [0.1, 0.15) is 12.5 Å². The van der Waals surface area contributed by atoms with Crippen molar-refractivity contribution in [2.75, 3.05) is 24.7 Å². The number of amidine groups is 1. The third-order valence-corrected chi connectivity index (χ3v) is 3.58. The number of nitrogens with zero attached hydrogens (tertiary/aromatic N) is 1. The largest absolute Gasteiger partial charge is 0.394 e. The summed E-state index contributed by atoms with van der Waals surface area (Å²) in [5.74, 6) is -0.00305. The molecule has 0 radical (unpaired) electrons. The first-order valence-corrected chi connectivity index (χ1v) is 6.53. The number of nitrogens with two attached hydrogens (primary N) is 1. The van der Waals surface area contributed by atoms with Crippen LogP contribution in [0.2, 0.25) is 5.02 Å². The molecule has 1 aromatic carbocycles. The fraction of sp³-hybridized carbons (Fsp3) is 0.462. The van der Waals surface area contributed by atoms with E-state index in [0.717, 1.165) is 5.69 Å². The van der Waals surface area contributed by atoms with Crippen LogP contribution in [-0.4, -0.2) is 42.8 Å². The van der Waals surface area contributed by atoms with Crippen molar-refractivity contribution < 1.29 is 9.84 Å². The lowest BCUT2D eigenvalue weighted by atomic mass is 10.1. The van der Waals surface area contributed by atoms with Gasteiger partial charge in [0.1, 0.15) is 5.84 Å². The second kappa shape index (κ2) is 5.77. The van der Waals surface area contributed by atoms with Crippen molar-refractivity contribution in [2.24, 2.45) is 5.73 Å². The van der Waals surface area contributed by atoms with E-state index in [1.165, 1.54) is 0 Å². The molecule has 5 nitrogen and oxygen atoms in total. The Morgan fingerprint density at radius 1 is 1.63 bits per heavy atom. The van der Waals surface area contributed by atoms with Gasteiger partial charge in [-0.25, -0.2) is 0 Å². The van der Waals surface area contributed by atoms with Crippen LogP contribution in [0.5, 0.6) is 0 Å². The molecule has 1 aromatic rings. The molecule has 0 bridgehead atoms. The smallest absolute Gasteiger partial charge is 0.122 e. The Labute approximate surface area is 117 Å². The highest BCUT2D eigenvalue weighted by molar-refractivity contribution is 6.33. The fourth-order valence-corrected chi connectivity index (χ4v) is 2.46. The lowest BCUT2D eigenvalue weighted by molar-refractivity contribution is -0.0103. The Morgan fingerprint density at radius 2 is 2.37 bits per heavy atom. The molecule has 0 spiro atoms. The van der Waals surface area contributed by atoms with E-state index < -0.39 is 0 Å². The number of anilines is 1. The molecule has 0 amide bonds. The zero-order valence-corrected chi connectivity index (χ0v) is 11.5. The maximum absolute atomic E-state index is 9.20. The van der Waals surface area contributed by atoms with E-state index in [9.17, 15) is 5.11 Å². The Morgan fingerprint density at radius 3 is 2.95 bits per heavy atom. The molecule has 0 aliphatic carbocycles. The van der Waals surface area contributed by atoms with E-state index in [0.29, 0.717) is 23.7 Å². The van der Waals surface area contributed by atoms with Gasteiger partial charge in [0.15, 0.2) is 0 Å². The Kier molecular flexibility index (Phi) is 4.29. The van der Waals surface area contributed by atoms with Crippen LogP contribution < -0.4 is 10.6 Å². The van der Waals surface area contributed by atoms with Gasteiger partial charge in [0.25, 0.3) is 0 Å². The van der Waals surface area contributed by atoms with Gasteiger partial charge in [0.2, 0.25) is 0 Å². The minimum atomic E-state index is -0.195. The molecule has 0 aromatic heterocycles. The summed E-state index contributed by atoms with van der Waals surface area (Å²) in [6, 6.07) is 5.51. The number of benzene rings is 1. The Balaban J connectivity index is 2.27. The molecule has 1 saturated heterocycles. The zero-order valence-electron chi connectivity index (χ0n) is 10.8. The van der Waals surface area contributed by atoms with E-state index in [1.807, 2.05) is 13.0 Å². The van der Waals surface area contributed by atoms with Crippen LogP contribution in [0.3, 0.4) is 0 Å². The molecule has 0 saturated carbocycles. The van der Waals surface area contributed by atoms with Gasteiger partial charge in [-0.1, -0.05) is 11.6 Å². The van der Waals surface area contributed by atoms with Crippen LogP contribution in [0.15, 0.2) is 18.2 Å². The van der Waals surface area contributed by atoms with Gasteiger partial charge in [-0.05, 0) is 25.1 Å². The highest BCUT2D eigenvalue weighted by atomic mass is 35.5. The summed E-state index contributed by atoms with van der Waals surface area (Å²) < 4.78 is 5.50. The Bertz CT molecular complexity index is 481. The molecule has 2 unspecified atom stereocenters. The van der Waals surface area contributed by atoms with Crippen molar-refractivity contribution in [1.29, 1.82) is 5.41 Å². The third kappa shape index (κ3) is 3.00. The maximum Gasteiger partial charge on any atom is 0.122 e. The van der Waals surface area contributed by atoms with Crippen molar-refractivity contribution in [2.45, 2.75) is 19.1 Å². The predicted octanol–water partition coefficient (Wildman–Crippen LogP) is 1.21. The van der Waals surface area contributed by atoms with E-state index in [2.05, 4.69) is 4.90 Å². The first-order chi connectivity index (χ1) is 9.02. The predicted molar refractivity (Wildman–Crippen MR) is 76.1 cm³/mol. The van der Waals surface area contributed by atoms with Gasteiger partial charge in [-0.3, -0.25) is 5.41 Å². The number of morpholine rings is 1. The minimum Gasteiger partial charge on any atom is -0.394 e. The first-order valence-electron chi connectivity index (χ1n) is 6.16. The molecule has 6 heteroatoms. The monoisotopic (exact) mass is 283 g/mol. The van der Waals surface area contributed by atoms with Crippen LogP contribution >= 0.6 is 11.6 Å². The second-order valence-corrected chi connectivity index (χ2v) is 5.13. The number of halogens is 1. The molecular weight excluding hydrogens is 266 g/mol. The summed E-state index contributed by atoms with van der Waals surface area (Å²) in [5.41, 5.74) is 6.92. The van der Waals surface area contributed by atoms with Gasteiger partial charge >= 0.3 is 0 Å². The second-order valence-electron chi connectivity index (χ2n) is 4.72. The van der Waals surface area contributed by atoms with Crippen molar-refractivity contribution in [3.8, 4) is 0 Å². The third-order valence-electron chi connectivity index (χ3n) is 3.28. The molecule has 2 rings (SSSR count). The number of hydrogen-bond acceptors (Lipinski definition) is 4. The van der Waals surface area contributed by atoms with Gasteiger partial charge in [0, 0.05) is 18.2 Å². The van der Waals surface area contributed by atoms with Gasteiger partial charge in [-0.2, -0.15) is 0 Å². The van der Waals surface area contributed by atoms with Crippen molar-refractivity contribution >= 4 is 23.1 Å². The summed E-state index contributed by atoms with van der Waals surface area (Å²) in [4.78, 5) is 2.11. The van der Waals surface area contributed by atoms with E-state index >= 15 is 0 Å². The molecule has 2 atom stereocenters. The number of aliphatic hydroxyl groups excluding tert-OH is 1. The molecular formula is C13H18ClN3O2. The number of nitrogens with one attached hydrogen (secondary N) is 1. The lowest BCUT2D eigenvalue weighted by Crippen LogP contribution is -2.49. The zero-order chi connectivity index (χ0) is 14.0. The summed E-state index contributed by atoms with van der Waals surface area (Å²) in [6.07, 6.45) is -0.195. The fourth-order valence-electron chi connectivity index (χ4n) is 2.17. The lowest BCUT2D eigenvalue weighted by Gasteiger charge is -2.39. The van der Waals surface area contributed by atoms with Crippen molar-refractivity contribution in [1.82, 2.24) is 0 Å². The van der Waals surface area contributed by atoms with Crippen LogP contribution in [-0.2, 0) is 4.74 Å². The average Bonchev–Trinajstić information content (AvgIpc) is 2.39. The molecule has 1 aliphatic heterocycles. The summed E-state index contributed by atoms with van der Waals surface area (Å²) >= 11 is 6.27.